The molecule has 4 heterocycles. The van der Waals surface area contributed by atoms with Crippen LogP contribution in [0.25, 0.3) is 10.9 Å². The van der Waals surface area contributed by atoms with Crippen LogP contribution >= 0.6 is 0 Å². The lowest BCUT2D eigenvalue weighted by molar-refractivity contribution is -0.124. The summed E-state index contributed by atoms with van der Waals surface area (Å²) in [5, 5.41) is 4.42. The molecule has 0 bridgehead atoms. The molecule has 1 N–H and O–H groups in total. The molecular weight excluding hydrogens is 442 g/mol. The highest BCUT2D eigenvalue weighted by atomic mass is 16.5. The van der Waals surface area contributed by atoms with Gasteiger partial charge in [-0.3, -0.25) is 29.8 Å². The largest absolute Gasteiger partial charge is 0.453 e. The number of carbonyl (C=O) groups is 2. The van der Waals surface area contributed by atoms with Gasteiger partial charge in [0.25, 0.3) is 0 Å². The van der Waals surface area contributed by atoms with Gasteiger partial charge in [-0.05, 0) is 49.7 Å². The maximum atomic E-state index is 14.1. The molecule has 1 atom stereocenters. The summed E-state index contributed by atoms with van der Waals surface area (Å²) < 4.78 is 4.94. The minimum absolute atomic E-state index is 0.0664. The average molecular weight is 472 g/mol. The topological polar surface area (TPSA) is 78.0 Å². The van der Waals surface area contributed by atoms with Crippen molar-refractivity contribution in [1.29, 1.82) is 0 Å². The summed E-state index contributed by atoms with van der Waals surface area (Å²) in [6.07, 6.45) is 2.92. The third-order valence-electron chi connectivity index (χ3n) is 7.77. The molecule has 180 valence electrons. The summed E-state index contributed by atoms with van der Waals surface area (Å²) in [4.78, 5) is 36.8. The number of pyridine rings is 1. The number of piperidine rings is 1. The van der Waals surface area contributed by atoms with Crippen molar-refractivity contribution in [3.05, 3.63) is 66.4 Å². The number of para-hydroxylation sites is 2. The smallest absolute Gasteiger partial charge is 0.410 e. The molecule has 8 nitrogen and oxygen atoms in total. The highest BCUT2D eigenvalue weighted by molar-refractivity contribution is 6.13. The maximum Gasteiger partial charge on any atom is 0.410 e. The van der Waals surface area contributed by atoms with Gasteiger partial charge >= 0.3 is 6.09 Å². The summed E-state index contributed by atoms with van der Waals surface area (Å²) in [6.45, 7) is 3.71. The second-order valence-corrected chi connectivity index (χ2v) is 9.56. The number of benzene rings is 2. The second kappa shape index (κ2) is 8.62. The predicted molar refractivity (Wildman–Crippen MR) is 134 cm³/mol. The van der Waals surface area contributed by atoms with Crippen molar-refractivity contribution < 1.29 is 14.3 Å². The van der Waals surface area contributed by atoms with E-state index in [4.69, 9.17) is 4.74 Å². The van der Waals surface area contributed by atoms with Crippen molar-refractivity contribution in [2.75, 3.05) is 44.7 Å². The number of methoxy groups -OCH3 is 1. The van der Waals surface area contributed by atoms with Crippen LogP contribution in [0.5, 0.6) is 0 Å². The molecule has 2 aromatic carbocycles. The second-order valence-electron chi connectivity index (χ2n) is 9.56. The van der Waals surface area contributed by atoms with E-state index in [1.54, 1.807) is 11.1 Å². The van der Waals surface area contributed by atoms with Crippen LogP contribution in [0.2, 0.25) is 0 Å². The number of ether oxygens (including phenoxy) is 1. The average Bonchev–Trinajstić information content (AvgIpc) is 3.45. The van der Waals surface area contributed by atoms with E-state index in [1.165, 1.54) is 7.11 Å². The Bertz CT molecular complexity index is 1290. The van der Waals surface area contributed by atoms with Crippen LogP contribution in [0.1, 0.15) is 18.4 Å². The lowest BCUT2D eigenvalue weighted by Crippen LogP contribution is -2.53. The normalized spacial score (nSPS) is 21.6. The first-order valence-corrected chi connectivity index (χ1v) is 12.2. The predicted octanol–water partition coefficient (Wildman–Crippen LogP) is 3.24. The van der Waals surface area contributed by atoms with Gasteiger partial charge in [-0.25, -0.2) is 4.79 Å². The molecule has 0 saturated carbocycles. The zero-order valence-electron chi connectivity index (χ0n) is 19.8. The quantitative estimate of drug-likeness (QED) is 0.632. The lowest BCUT2D eigenvalue weighted by Gasteiger charge is -2.40. The molecule has 6 rings (SSSR count). The van der Waals surface area contributed by atoms with Gasteiger partial charge in [-0.15, -0.1) is 0 Å². The van der Waals surface area contributed by atoms with Gasteiger partial charge < -0.3 is 4.74 Å². The van der Waals surface area contributed by atoms with E-state index in [2.05, 4.69) is 27.3 Å². The van der Waals surface area contributed by atoms with E-state index in [9.17, 15) is 9.59 Å². The van der Waals surface area contributed by atoms with Crippen LogP contribution in [0.15, 0.2) is 60.8 Å². The molecule has 2 amide bonds. The number of amides is 2. The van der Waals surface area contributed by atoms with Crippen LogP contribution in [0.4, 0.5) is 16.2 Å². The molecule has 3 aromatic rings. The minimum atomic E-state index is -0.538. The van der Waals surface area contributed by atoms with Crippen molar-refractivity contribution >= 4 is 34.3 Å². The highest BCUT2D eigenvalue weighted by Crippen LogP contribution is 2.50. The molecule has 3 aliphatic heterocycles. The SMILES string of the molecule is COC(=O)N1CCNC1CN1CCC2(CC1)C(=O)N(c1cnc3ccccc3c1)c1ccccc12. The summed E-state index contributed by atoms with van der Waals surface area (Å²) in [5.74, 6) is 0.130. The zero-order valence-corrected chi connectivity index (χ0v) is 19.8. The summed E-state index contributed by atoms with van der Waals surface area (Å²) in [5.41, 5.74) is 3.25. The van der Waals surface area contributed by atoms with Gasteiger partial charge in [0.1, 0.15) is 0 Å². The third kappa shape index (κ3) is 3.56. The van der Waals surface area contributed by atoms with Crippen molar-refractivity contribution in [1.82, 2.24) is 20.1 Å². The number of aromatic nitrogens is 1. The molecule has 1 spiro atoms. The van der Waals surface area contributed by atoms with Crippen LogP contribution in [0.3, 0.4) is 0 Å². The van der Waals surface area contributed by atoms with Crippen molar-refractivity contribution in [2.24, 2.45) is 0 Å². The first-order valence-electron chi connectivity index (χ1n) is 12.2. The van der Waals surface area contributed by atoms with Gasteiger partial charge in [-0.1, -0.05) is 36.4 Å². The number of hydrogen-bond acceptors (Lipinski definition) is 6. The molecule has 0 aliphatic carbocycles. The maximum absolute atomic E-state index is 14.1. The number of nitrogens with one attached hydrogen (secondary N) is 1. The number of anilines is 2. The number of carbonyl (C=O) groups excluding carboxylic acids is 2. The summed E-state index contributed by atoms with van der Waals surface area (Å²) in [6, 6.07) is 18.2. The Morgan fingerprint density at radius 3 is 2.71 bits per heavy atom. The molecule has 2 fully saturated rings. The first kappa shape index (κ1) is 22.0. The van der Waals surface area contributed by atoms with Crippen molar-refractivity contribution in [2.45, 2.75) is 24.4 Å². The van der Waals surface area contributed by atoms with E-state index in [1.807, 2.05) is 47.4 Å². The fraction of sp³-hybridized carbons (Fsp3) is 0.370. The number of nitrogens with zero attached hydrogens (tertiary/aromatic N) is 4. The summed E-state index contributed by atoms with van der Waals surface area (Å²) >= 11 is 0. The standard InChI is InChI=1S/C27H29N5O3/c1-35-26(34)31-15-12-28-24(31)18-30-13-10-27(11-14-30)21-7-3-5-9-23(21)32(25(27)33)20-16-19-6-2-4-8-22(19)29-17-20/h2-9,16-17,24,28H,10-15,18H2,1H3. The van der Waals surface area contributed by atoms with Gasteiger partial charge in [0.15, 0.2) is 0 Å². The Kier molecular flexibility index (Phi) is 5.42. The first-order chi connectivity index (χ1) is 17.1. The summed E-state index contributed by atoms with van der Waals surface area (Å²) in [7, 11) is 1.42. The third-order valence-corrected chi connectivity index (χ3v) is 7.77. The van der Waals surface area contributed by atoms with Crippen molar-refractivity contribution in [3.63, 3.8) is 0 Å². The minimum Gasteiger partial charge on any atom is -0.453 e. The van der Waals surface area contributed by atoms with Crippen LogP contribution in [-0.2, 0) is 14.9 Å². The number of fused-ring (bicyclic) bond motifs is 3. The molecule has 1 unspecified atom stereocenters. The molecule has 2 saturated heterocycles. The molecule has 0 radical (unpaired) electrons. The molecule has 35 heavy (non-hydrogen) atoms. The fourth-order valence-corrected chi connectivity index (χ4v) is 5.91. The number of likely N-dealkylation sites (tertiary alicyclic amines) is 1. The van der Waals surface area contributed by atoms with Gasteiger partial charge in [0.2, 0.25) is 5.91 Å². The fourth-order valence-electron chi connectivity index (χ4n) is 5.91. The van der Waals surface area contributed by atoms with Crippen LogP contribution in [0, 0.1) is 0 Å². The zero-order chi connectivity index (χ0) is 24.0. The lowest BCUT2D eigenvalue weighted by atomic mass is 9.73. The highest BCUT2D eigenvalue weighted by Gasteiger charge is 2.52. The van der Waals surface area contributed by atoms with Gasteiger partial charge in [-0.2, -0.15) is 0 Å². The molecular formula is C27H29N5O3. The van der Waals surface area contributed by atoms with E-state index in [0.717, 1.165) is 66.9 Å². The Labute approximate surface area is 204 Å². The number of rotatable bonds is 3. The molecule has 1 aromatic heterocycles. The molecule has 3 aliphatic rings. The Morgan fingerprint density at radius 2 is 1.89 bits per heavy atom. The van der Waals surface area contributed by atoms with Gasteiger partial charge in [0.05, 0.1) is 41.8 Å². The Balaban J connectivity index is 1.25. The Morgan fingerprint density at radius 1 is 1.11 bits per heavy atom. The van der Waals surface area contributed by atoms with E-state index in [0.29, 0.717) is 6.54 Å². The van der Waals surface area contributed by atoms with E-state index >= 15 is 0 Å². The molecule has 8 heteroatoms. The van der Waals surface area contributed by atoms with Crippen molar-refractivity contribution in [3.8, 4) is 0 Å². The Hall–Kier alpha value is -3.49. The van der Waals surface area contributed by atoms with E-state index < -0.39 is 5.41 Å². The number of hydrogen-bond donors (Lipinski definition) is 1. The van der Waals surface area contributed by atoms with Crippen LogP contribution in [-0.4, -0.2) is 72.8 Å². The van der Waals surface area contributed by atoms with E-state index in [-0.39, 0.29) is 18.2 Å². The monoisotopic (exact) mass is 471 g/mol. The van der Waals surface area contributed by atoms with Crippen LogP contribution < -0.4 is 10.2 Å². The van der Waals surface area contributed by atoms with Gasteiger partial charge in [0, 0.05) is 25.0 Å².